The van der Waals surface area contributed by atoms with E-state index >= 15 is 0 Å². The van der Waals surface area contributed by atoms with Crippen molar-refractivity contribution in [1.82, 2.24) is 14.9 Å². The fourth-order valence-electron chi connectivity index (χ4n) is 5.63. The number of nitrogens with one attached hydrogen (secondary N) is 1. The molecule has 6 rings (SSSR count). The molecule has 6 nitrogen and oxygen atoms in total. The fourth-order valence-corrected chi connectivity index (χ4v) is 7.32. The van der Waals surface area contributed by atoms with Crippen molar-refractivity contribution in [2.45, 2.75) is 35.6 Å². The lowest BCUT2D eigenvalue weighted by atomic mass is 9.91. The molecule has 0 aliphatic carbocycles. The van der Waals surface area contributed by atoms with Gasteiger partial charge >= 0.3 is 0 Å². The maximum absolute atomic E-state index is 14.6. The van der Waals surface area contributed by atoms with Crippen LogP contribution in [0.15, 0.2) is 102 Å². The number of pyridine rings is 1. The summed E-state index contributed by atoms with van der Waals surface area (Å²) in [5, 5.41) is 5.23. The highest BCUT2D eigenvalue weighted by Gasteiger charge is 2.59. The van der Waals surface area contributed by atoms with E-state index in [0.29, 0.717) is 15.7 Å². The standard InChI is InChI=1S/C33H28Cl2N4O2S/c1-21-6-13-26(14-7-21)42-33(32(41)37-19-24-5-3-4-16-36-24)18-30(40)39(25-11-8-22(34)9-12-25)31(33)28-20-38(2)29-17-23(35)10-15-27(28)29/h3-17,20,31H,18-19H2,1-2H3,(H,37,41)/t31-,33-/m1/s1. The van der Waals surface area contributed by atoms with Gasteiger partial charge in [-0.05, 0) is 67.6 Å². The van der Waals surface area contributed by atoms with Gasteiger partial charge in [-0.25, -0.2) is 0 Å². The summed E-state index contributed by atoms with van der Waals surface area (Å²) >= 11 is 14.0. The number of benzene rings is 3. The third-order valence-corrected chi connectivity index (χ3v) is 9.54. The summed E-state index contributed by atoms with van der Waals surface area (Å²) in [6.07, 6.45) is 3.70. The van der Waals surface area contributed by atoms with E-state index in [9.17, 15) is 9.59 Å². The monoisotopic (exact) mass is 614 g/mol. The molecular formula is C33H28Cl2N4O2S. The number of fused-ring (bicyclic) bond motifs is 1. The van der Waals surface area contributed by atoms with Crippen molar-refractivity contribution in [2.75, 3.05) is 4.90 Å². The molecule has 3 aromatic carbocycles. The maximum Gasteiger partial charge on any atom is 0.239 e. The van der Waals surface area contributed by atoms with E-state index in [1.54, 1.807) is 23.2 Å². The van der Waals surface area contributed by atoms with Crippen molar-refractivity contribution in [3.8, 4) is 0 Å². The quantitative estimate of drug-likeness (QED) is 0.206. The minimum Gasteiger partial charge on any atom is -0.350 e. The Labute approximate surface area is 258 Å². The van der Waals surface area contributed by atoms with Crippen LogP contribution in [-0.4, -0.2) is 26.1 Å². The Kier molecular flexibility index (Phi) is 7.75. The van der Waals surface area contributed by atoms with Crippen LogP contribution in [0.3, 0.4) is 0 Å². The van der Waals surface area contributed by atoms with Crippen LogP contribution >= 0.6 is 35.0 Å². The third kappa shape index (κ3) is 5.28. The summed E-state index contributed by atoms with van der Waals surface area (Å²) in [6.45, 7) is 2.26. The number of aryl methyl sites for hydroxylation is 2. The van der Waals surface area contributed by atoms with Gasteiger partial charge in [0.15, 0.2) is 0 Å². The first-order valence-corrected chi connectivity index (χ1v) is 15.1. The molecule has 1 N–H and O–H groups in total. The van der Waals surface area contributed by atoms with Gasteiger partial charge in [-0.15, -0.1) is 11.8 Å². The molecule has 2 aromatic heterocycles. The van der Waals surface area contributed by atoms with Crippen LogP contribution in [0.4, 0.5) is 5.69 Å². The van der Waals surface area contributed by atoms with Crippen molar-refractivity contribution in [3.05, 3.63) is 124 Å². The molecule has 212 valence electrons. The Morgan fingerprint density at radius 1 is 1.02 bits per heavy atom. The fraction of sp³-hybridized carbons (Fsp3) is 0.182. The average molecular weight is 616 g/mol. The number of thioether (sulfide) groups is 1. The third-order valence-electron chi connectivity index (χ3n) is 7.63. The zero-order valence-electron chi connectivity index (χ0n) is 23.1. The molecule has 1 aliphatic rings. The number of carbonyl (C=O) groups excluding carboxylic acids is 2. The molecule has 0 saturated carbocycles. The van der Waals surface area contributed by atoms with Crippen molar-refractivity contribution < 1.29 is 9.59 Å². The van der Waals surface area contributed by atoms with Crippen LogP contribution in [0.25, 0.3) is 10.9 Å². The SMILES string of the molecule is Cc1ccc(S[C@]2(C(=O)NCc3ccccn3)CC(=O)N(c3ccc(Cl)cc3)[C@@H]2c2cn(C)c3cc(Cl)ccc23)cc1. The number of nitrogens with zero attached hydrogens (tertiary/aromatic N) is 3. The van der Waals surface area contributed by atoms with Gasteiger partial charge in [-0.2, -0.15) is 0 Å². The van der Waals surface area contributed by atoms with E-state index in [0.717, 1.165) is 32.6 Å². The van der Waals surface area contributed by atoms with Gasteiger partial charge in [0.2, 0.25) is 11.8 Å². The first-order valence-electron chi connectivity index (χ1n) is 13.5. The van der Waals surface area contributed by atoms with Gasteiger partial charge in [-0.3, -0.25) is 14.6 Å². The maximum atomic E-state index is 14.6. The molecule has 42 heavy (non-hydrogen) atoms. The minimum absolute atomic E-state index is 0.00311. The Morgan fingerprint density at radius 3 is 2.48 bits per heavy atom. The number of halogens is 2. The van der Waals surface area contributed by atoms with E-state index in [4.69, 9.17) is 23.2 Å². The molecule has 2 atom stereocenters. The number of hydrogen-bond donors (Lipinski definition) is 1. The first kappa shape index (κ1) is 28.3. The summed E-state index contributed by atoms with van der Waals surface area (Å²) in [6, 6.07) is 25.9. The summed E-state index contributed by atoms with van der Waals surface area (Å²) < 4.78 is 0.779. The number of aromatic nitrogens is 2. The smallest absolute Gasteiger partial charge is 0.239 e. The van der Waals surface area contributed by atoms with Gasteiger partial charge < -0.3 is 14.8 Å². The Hall–Kier alpha value is -3.78. The van der Waals surface area contributed by atoms with Crippen LogP contribution in [0.5, 0.6) is 0 Å². The second-order valence-electron chi connectivity index (χ2n) is 10.5. The van der Waals surface area contributed by atoms with Gasteiger partial charge in [0, 0.05) is 56.5 Å². The Bertz CT molecular complexity index is 1770. The van der Waals surface area contributed by atoms with E-state index in [-0.39, 0.29) is 24.8 Å². The predicted octanol–water partition coefficient (Wildman–Crippen LogP) is 7.51. The van der Waals surface area contributed by atoms with Crippen molar-refractivity contribution in [2.24, 2.45) is 7.05 Å². The largest absolute Gasteiger partial charge is 0.350 e. The van der Waals surface area contributed by atoms with Crippen LogP contribution in [0, 0.1) is 6.92 Å². The van der Waals surface area contributed by atoms with Crippen molar-refractivity contribution in [3.63, 3.8) is 0 Å². The van der Waals surface area contributed by atoms with Gasteiger partial charge in [0.1, 0.15) is 4.75 Å². The van der Waals surface area contributed by atoms with Gasteiger partial charge in [0.25, 0.3) is 0 Å². The Morgan fingerprint density at radius 2 is 1.76 bits per heavy atom. The lowest BCUT2D eigenvalue weighted by Gasteiger charge is -2.36. The summed E-state index contributed by atoms with van der Waals surface area (Å²) in [5.74, 6) is -0.389. The molecule has 0 spiro atoms. The lowest BCUT2D eigenvalue weighted by Crippen LogP contribution is -2.48. The molecule has 3 heterocycles. The lowest BCUT2D eigenvalue weighted by molar-refractivity contribution is -0.125. The van der Waals surface area contributed by atoms with Gasteiger partial charge in [0.05, 0.1) is 24.7 Å². The molecule has 2 amide bonds. The van der Waals surface area contributed by atoms with Crippen molar-refractivity contribution >= 4 is 63.4 Å². The summed E-state index contributed by atoms with van der Waals surface area (Å²) in [4.78, 5) is 35.7. The highest BCUT2D eigenvalue weighted by Crippen LogP contribution is 2.55. The zero-order chi connectivity index (χ0) is 29.4. The minimum atomic E-state index is -1.21. The van der Waals surface area contributed by atoms with E-state index in [2.05, 4.69) is 10.3 Å². The molecule has 0 radical (unpaired) electrons. The number of carbonyl (C=O) groups is 2. The number of rotatable bonds is 7. The molecule has 0 unspecified atom stereocenters. The van der Waals surface area contributed by atoms with Crippen LogP contribution in [0.2, 0.25) is 10.0 Å². The van der Waals surface area contributed by atoms with Crippen LogP contribution in [0.1, 0.15) is 29.3 Å². The topological polar surface area (TPSA) is 67.2 Å². The highest BCUT2D eigenvalue weighted by molar-refractivity contribution is 8.01. The molecule has 1 saturated heterocycles. The molecule has 0 bridgehead atoms. The number of anilines is 1. The van der Waals surface area contributed by atoms with Crippen molar-refractivity contribution in [1.29, 1.82) is 0 Å². The Balaban J connectivity index is 1.55. The molecule has 9 heteroatoms. The molecule has 1 aliphatic heterocycles. The summed E-state index contributed by atoms with van der Waals surface area (Å²) in [5.41, 5.74) is 4.29. The summed E-state index contributed by atoms with van der Waals surface area (Å²) in [7, 11) is 1.95. The highest BCUT2D eigenvalue weighted by atomic mass is 35.5. The second kappa shape index (κ2) is 11.5. The van der Waals surface area contributed by atoms with E-state index in [1.165, 1.54) is 11.8 Å². The van der Waals surface area contributed by atoms with Crippen LogP contribution < -0.4 is 10.2 Å². The normalized spacial score (nSPS) is 18.5. The molecular weight excluding hydrogens is 587 g/mol. The van der Waals surface area contributed by atoms with Gasteiger partial charge in [-0.1, -0.05) is 53.0 Å². The first-order chi connectivity index (χ1) is 20.2. The molecule has 1 fully saturated rings. The second-order valence-corrected chi connectivity index (χ2v) is 12.8. The average Bonchev–Trinajstić information content (AvgIpc) is 3.46. The van der Waals surface area contributed by atoms with E-state index in [1.807, 2.05) is 97.5 Å². The zero-order valence-corrected chi connectivity index (χ0v) is 25.4. The number of amides is 2. The van der Waals surface area contributed by atoms with Crippen LogP contribution in [-0.2, 0) is 23.2 Å². The number of hydrogen-bond acceptors (Lipinski definition) is 4. The molecule has 5 aromatic rings. The van der Waals surface area contributed by atoms with E-state index < -0.39 is 10.8 Å². The predicted molar refractivity (Wildman–Crippen MR) is 170 cm³/mol.